The van der Waals surface area contributed by atoms with Crippen LogP contribution in [0.15, 0.2) is 28.9 Å². The summed E-state index contributed by atoms with van der Waals surface area (Å²) in [6, 6.07) is 4.72. The minimum atomic E-state index is -0.281. The molecule has 0 saturated heterocycles. The Bertz CT molecular complexity index is 408. The summed E-state index contributed by atoms with van der Waals surface area (Å²) in [4.78, 5) is 0. The number of alkyl halides is 1. The molecule has 0 aliphatic heterocycles. The number of furan rings is 1. The normalized spacial score (nSPS) is 10.8. The molecule has 0 atom stereocenters. The molecular formula is C9H6ClFO. The van der Waals surface area contributed by atoms with Crippen LogP contribution < -0.4 is 0 Å². The molecule has 0 N–H and O–H groups in total. The van der Waals surface area contributed by atoms with Gasteiger partial charge in [0, 0.05) is 5.56 Å². The van der Waals surface area contributed by atoms with Gasteiger partial charge in [0.2, 0.25) is 0 Å². The average molecular weight is 185 g/mol. The van der Waals surface area contributed by atoms with Crippen molar-refractivity contribution in [3.05, 3.63) is 35.8 Å². The lowest BCUT2D eigenvalue weighted by Gasteiger charge is -1.91. The van der Waals surface area contributed by atoms with Gasteiger partial charge in [0.1, 0.15) is 11.4 Å². The summed E-state index contributed by atoms with van der Waals surface area (Å²) < 4.78 is 18.2. The fraction of sp³-hybridized carbons (Fsp3) is 0.111. The molecule has 0 aliphatic rings. The number of halogens is 2. The third-order valence-corrected chi connectivity index (χ3v) is 2.06. The van der Waals surface area contributed by atoms with Crippen LogP contribution in [0.5, 0.6) is 0 Å². The van der Waals surface area contributed by atoms with Gasteiger partial charge in [-0.3, -0.25) is 0 Å². The smallest absolute Gasteiger partial charge is 0.137 e. The van der Waals surface area contributed by atoms with E-state index in [9.17, 15) is 4.39 Å². The van der Waals surface area contributed by atoms with Gasteiger partial charge < -0.3 is 4.42 Å². The van der Waals surface area contributed by atoms with Crippen molar-refractivity contribution in [2.75, 3.05) is 0 Å². The second-order valence-electron chi connectivity index (χ2n) is 2.51. The summed E-state index contributed by atoms with van der Waals surface area (Å²) in [7, 11) is 0. The van der Waals surface area contributed by atoms with E-state index in [-0.39, 0.29) is 11.7 Å². The Labute approximate surface area is 73.7 Å². The van der Waals surface area contributed by atoms with E-state index in [1.807, 2.05) is 0 Å². The van der Waals surface area contributed by atoms with Gasteiger partial charge in [-0.15, -0.1) is 11.6 Å². The zero-order valence-corrected chi connectivity index (χ0v) is 6.94. The van der Waals surface area contributed by atoms with Gasteiger partial charge in [-0.25, -0.2) is 4.39 Å². The van der Waals surface area contributed by atoms with Crippen LogP contribution in [0.4, 0.5) is 4.39 Å². The zero-order valence-electron chi connectivity index (χ0n) is 6.18. The molecule has 0 bridgehead atoms. The molecule has 1 aromatic heterocycles. The van der Waals surface area contributed by atoms with E-state index < -0.39 is 0 Å². The van der Waals surface area contributed by atoms with E-state index in [2.05, 4.69) is 0 Å². The summed E-state index contributed by atoms with van der Waals surface area (Å²) in [5, 5.41) is 0.493. The Morgan fingerprint density at radius 3 is 3.00 bits per heavy atom. The van der Waals surface area contributed by atoms with Crippen molar-refractivity contribution in [3.63, 3.8) is 0 Å². The molecule has 1 nitrogen and oxygen atoms in total. The van der Waals surface area contributed by atoms with E-state index in [1.165, 1.54) is 12.3 Å². The zero-order chi connectivity index (χ0) is 8.55. The molecule has 2 aromatic rings. The predicted molar refractivity (Wildman–Crippen MR) is 45.7 cm³/mol. The van der Waals surface area contributed by atoms with Crippen LogP contribution in [0.3, 0.4) is 0 Å². The summed E-state index contributed by atoms with van der Waals surface area (Å²) in [6.45, 7) is 0. The van der Waals surface area contributed by atoms with E-state index >= 15 is 0 Å². The Morgan fingerprint density at radius 1 is 1.42 bits per heavy atom. The average Bonchev–Trinajstić information content (AvgIpc) is 2.49. The molecular weight excluding hydrogens is 179 g/mol. The SMILES string of the molecule is Fc1cccc2occ(CCl)c12. The molecule has 3 heteroatoms. The Kier molecular flexibility index (Phi) is 1.77. The monoisotopic (exact) mass is 184 g/mol. The molecule has 0 aliphatic carbocycles. The van der Waals surface area contributed by atoms with Gasteiger partial charge in [-0.1, -0.05) is 6.07 Å². The summed E-state index contributed by atoms with van der Waals surface area (Å²) in [6.07, 6.45) is 1.49. The summed E-state index contributed by atoms with van der Waals surface area (Å²) in [5.74, 6) is -0.00889. The van der Waals surface area contributed by atoms with Crippen LogP contribution in [0.25, 0.3) is 11.0 Å². The first-order chi connectivity index (χ1) is 5.83. The van der Waals surface area contributed by atoms with Crippen LogP contribution in [0, 0.1) is 5.82 Å². The fourth-order valence-electron chi connectivity index (χ4n) is 1.21. The van der Waals surface area contributed by atoms with Crippen LogP contribution >= 0.6 is 11.6 Å². The minimum absolute atomic E-state index is 0.272. The summed E-state index contributed by atoms with van der Waals surface area (Å²) >= 11 is 5.59. The maximum absolute atomic E-state index is 13.1. The first-order valence-corrected chi connectivity index (χ1v) is 4.07. The Morgan fingerprint density at radius 2 is 2.25 bits per heavy atom. The van der Waals surface area contributed by atoms with Gasteiger partial charge in [0.15, 0.2) is 0 Å². The molecule has 1 heterocycles. The first kappa shape index (κ1) is 7.62. The lowest BCUT2D eigenvalue weighted by Crippen LogP contribution is -1.78. The molecule has 0 unspecified atom stereocenters. The van der Waals surface area contributed by atoms with Crippen molar-refractivity contribution in [3.8, 4) is 0 Å². The highest BCUT2D eigenvalue weighted by Crippen LogP contribution is 2.24. The number of hydrogen-bond donors (Lipinski definition) is 0. The number of fused-ring (bicyclic) bond motifs is 1. The Hall–Kier alpha value is -1.02. The first-order valence-electron chi connectivity index (χ1n) is 3.53. The number of rotatable bonds is 1. The lowest BCUT2D eigenvalue weighted by atomic mass is 10.2. The lowest BCUT2D eigenvalue weighted by molar-refractivity contribution is 0.608. The van der Waals surface area contributed by atoms with Gasteiger partial charge in [0.25, 0.3) is 0 Å². The van der Waals surface area contributed by atoms with Crippen molar-refractivity contribution in [1.82, 2.24) is 0 Å². The molecule has 62 valence electrons. The molecule has 12 heavy (non-hydrogen) atoms. The van der Waals surface area contributed by atoms with Crippen LogP contribution in [0.1, 0.15) is 5.56 Å². The number of hydrogen-bond acceptors (Lipinski definition) is 1. The van der Waals surface area contributed by atoms with Crippen molar-refractivity contribution >= 4 is 22.6 Å². The molecule has 2 rings (SSSR count). The van der Waals surface area contributed by atoms with Crippen LogP contribution in [0.2, 0.25) is 0 Å². The highest BCUT2D eigenvalue weighted by atomic mass is 35.5. The topological polar surface area (TPSA) is 13.1 Å². The number of benzene rings is 1. The van der Waals surface area contributed by atoms with Crippen LogP contribution in [-0.4, -0.2) is 0 Å². The van der Waals surface area contributed by atoms with E-state index in [4.69, 9.17) is 16.0 Å². The van der Waals surface area contributed by atoms with Crippen LogP contribution in [-0.2, 0) is 5.88 Å². The third kappa shape index (κ3) is 0.994. The summed E-state index contributed by atoms with van der Waals surface area (Å²) in [5.41, 5.74) is 1.25. The van der Waals surface area contributed by atoms with E-state index in [0.29, 0.717) is 16.5 Å². The molecule has 0 fully saturated rings. The van der Waals surface area contributed by atoms with Crippen molar-refractivity contribution in [2.24, 2.45) is 0 Å². The predicted octanol–water partition coefficient (Wildman–Crippen LogP) is 3.31. The maximum atomic E-state index is 13.1. The Balaban J connectivity index is 2.83. The fourth-order valence-corrected chi connectivity index (χ4v) is 1.40. The van der Waals surface area contributed by atoms with Gasteiger partial charge in [0.05, 0.1) is 17.5 Å². The molecule has 0 amide bonds. The standard InChI is InChI=1S/C9H6ClFO/c10-4-6-5-12-8-3-1-2-7(11)9(6)8/h1-3,5H,4H2. The van der Waals surface area contributed by atoms with Crippen molar-refractivity contribution < 1.29 is 8.81 Å². The highest BCUT2D eigenvalue weighted by Gasteiger charge is 2.08. The van der Waals surface area contributed by atoms with E-state index in [1.54, 1.807) is 12.1 Å². The third-order valence-electron chi connectivity index (χ3n) is 1.77. The second kappa shape index (κ2) is 2.79. The maximum Gasteiger partial charge on any atom is 0.137 e. The van der Waals surface area contributed by atoms with E-state index in [0.717, 1.165) is 0 Å². The highest BCUT2D eigenvalue weighted by molar-refractivity contribution is 6.18. The minimum Gasteiger partial charge on any atom is -0.464 e. The van der Waals surface area contributed by atoms with Crippen molar-refractivity contribution in [1.29, 1.82) is 0 Å². The molecule has 0 spiro atoms. The van der Waals surface area contributed by atoms with Gasteiger partial charge in [-0.05, 0) is 12.1 Å². The molecule has 1 aromatic carbocycles. The van der Waals surface area contributed by atoms with Gasteiger partial charge >= 0.3 is 0 Å². The van der Waals surface area contributed by atoms with Crippen molar-refractivity contribution in [2.45, 2.75) is 5.88 Å². The molecule has 0 saturated carbocycles. The quantitative estimate of drug-likeness (QED) is 0.620. The second-order valence-corrected chi connectivity index (χ2v) is 2.77. The molecule has 0 radical (unpaired) electrons. The van der Waals surface area contributed by atoms with Gasteiger partial charge in [-0.2, -0.15) is 0 Å². The largest absolute Gasteiger partial charge is 0.464 e.